The number of aromatic amines is 1. The summed E-state index contributed by atoms with van der Waals surface area (Å²) in [6.45, 7) is 12.9. The Hall–Kier alpha value is -6.50. The third-order valence-corrected chi connectivity index (χ3v) is 15.1. The standard InChI is InChI=1S/C55H71N11O6S/c1-35-13-12-25-64(35)33-47-61-43-22-21-41(28-44(43)62-47)60-52(70)39-20-23-45-40(27-39)31-59-66(45)26-24-56-48(68)14-10-8-6-7-9-11-15-49(69)63-51(55(3,4)5)54(72)65-32-42(67)29-46(65)53(71)57-30-37-16-18-38(19-17-37)50-36(2)58-34-73-50/h16-23,27-28,31,34-35,42,46,51,67H,6-15,24-26,29-30,32-33H2,1-5H3,(H,56,68)(H,57,71)(H,60,70)(H,61,62)(H,63,69)/t35-,42+,46-,51+/m0/s1. The van der Waals surface area contributed by atoms with Crippen LogP contribution in [0.25, 0.3) is 32.4 Å². The number of aromatic nitrogens is 5. The lowest BCUT2D eigenvalue weighted by Gasteiger charge is -2.35. The molecule has 73 heavy (non-hydrogen) atoms. The third-order valence-electron chi connectivity index (χ3n) is 14.2. The maximum atomic E-state index is 14.0. The van der Waals surface area contributed by atoms with E-state index in [0.717, 1.165) is 94.7 Å². The minimum absolute atomic E-state index is 0.0136. The van der Waals surface area contributed by atoms with Crippen LogP contribution in [0.2, 0.25) is 0 Å². The van der Waals surface area contributed by atoms with E-state index in [4.69, 9.17) is 4.98 Å². The van der Waals surface area contributed by atoms with Gasteiger partial charge in [-0.15, -0.1) is 11.3 Å². The molecule has 5 heterocycles. The zero-order valence-corrected chi connectivity index (χ0v) is 43.7. The largest absolute Gasteiger partial charge is 0.391 e. The van der Waals surface area contributed by atoms with Crippen molar-refractivity contribution in [3.05, 3.63) is 95.0 Å². The minimum Gasteiger partial charge on any atom is -0.391 e. The Bertz CT molecular complexity index is 2890. The molecule has 8 rings (SSSR count). The van der Waals surface area contributed by atoms with Crippen molar-refractivity contribution in [3.63, 3.8) is 0 Å². The van der Waals surface area contributed by atoms with E-state index in [9.17, 15) is 29.1 Å². The topological polar surface area (TPSA) is 220 Å². The van der Waals surface area contributed by atoms with Crippen molar-refractivity contribution in [1.82, 2.24) is 50.5 Å². The van der Waals surface area contributed by atoms with Gasteiger partial charge in [-0.05, 0) is 99.0 Å². The van der Waals surface area contributed by atoms with Gasteiger partial charge in [0.05, 0.1) is 58.0 Å². The Morgan fingerprint density at radius 1 is 0.918 bits per heavy atom. The fourth-order valence-corrected chi connectivity index (χ4v) is 10.7. The number of benzene rings is 3. The summed E-state index contributed by atoms with van der Waals surface area (Å²) in [7, 11) is 0. The number of β-amino-alcohol motifs (C(OH)–C–C–N with tert-alkyl or cyclic N) is 1. The van der Waals surface area contributed by atoms with Gasteiger partial charge in [0.25, 0.3) is 5.91 Å². The smallest absolute Gasteiger partial charge is 0.255 e. The molecule has 6 N–H and O–H groups in total. The highest BCUT2D eigenvalue weighted by Gasteiger charge is 2.44. The second-order valence-corrected chi connectivity index (χ2v) is 21.7. The van der Waals surface area contributed by atoms with Crippen LogP contribution in [0, 0.1) is 12.3 Å². The maximum Gasteiger partial charge on any atom is 0.255 e. The summed E-state index contributed by atoms with van der Waals surface area (Å²) in [6, 6.07) is 18.0. The molecular weight excluding hydrogens is 943 g/mol. The second kappa shape index (κ2) is 24.0. The van der Waals surface area contributed by atoms with Crippen molar-refractivity contribution in [2.75, 3.05) is 25.0 Å². The van der Waals surface area contributed by atoms with Crippen LogP contribution in [0.1, 0.15) is 126 Å². The number of amides is 5. The zero-order valence-electron chi connectivity index (χ0n) is 42.8. The number of carbonyl (C=O) groups is 5. The van der Waals surface area contributed by atoms with E-state index in [1.54, 1.807) is 23.6 Å². The van der Waals surface area contributed by atoms with E-state index in [1.807, 2.05) is 92.5 Å². The van der Waals surface area contributed by atoms with E-state index >= 15 is 0 Å². The number of aryl methyl sites for hydroxylation is 1. The lowest BCUT2D eigenvalue weighted by molar-refractivity contribution is -0.144. The first-order chi connectivity index (χ1) is 35.1. The van der Waals surface area contributed by atoms with Gasteiger partial charge in [0.1, 0.15) is 17.9 Å². The van der Waals surface area contributed by atoms with Crippen LogP contribution in [0.5, 0.6) is 0 Å². The number of thiazole rings is 1. The van der Waals surface area contributed by atoms with Crippen LogP contribution in [-0.2, 0) is 38.8 Å². The number of nitrogens with one attached hydrogen (secondary N) is 5. The lowest BCUT2D eigenvalue weighted by Crippen LogP contribution is -2.57. The van der Waals surface area contributed by atoms with Crippen LogP contribution in [0.4, 0.5) is 5.69 Å². The molecule has 17 nitrogen and oxygen atoms in total. The van der Waals surface area contributed by atoms with Gasteiger partial charge in [-0.25, -0.2) is 9.97 Å². The molecule has 0 unspecified atom stereocenters. The van der Waals surface area contributed by atoms with Crippen molar-refractivity contribution in [3.8, 4) is 10.4 Å². The highest BCUT2D eigenvalue weighted by Crippen LogP contribution is 2.29. The van der Waals surface area contributed by atoms with Gasteiger partial charge < -0.3 is 36.3 Å². The van der Waals surface area contributed by atoms with Crippen LogP contribution >= 0.6 is 11.3 Å². The first kappa shape index (κ1) is 52.8. The number of imidazole rings is 1. The minimum atomic E-state index is -0.875. The molecule has 0 radical (unpaired) electrons. The number of likely N-dealkylation sites (tertiary alicyclic amines) is 2. The molecule has 18 heteroatoms. The van der Waals surface area contributed by atoms with Crippen molar-refractivity contribution < 1.29 is 29.1 Å². The van der Waals surface area contributed by atoms with Gasteiger partial charge >= 0.3 is 0 Å². The molecule has 0 aliphatic carbocycles. The highest BCUT2D eigenvalue weighted by atomic mass is 32.1. The monoisotopic (exact) mass is 1010 g/mol. The molecule has 3 aromatic carbocycles. The molecule has 6 aromatic rings. The van der Waals surface area contributed by atoms with E-state index in [0.29, 0.717) is 43.2 Å². The molecule has 5 amide bonds. The molecule has 2 fully saturated rings. The quantitative estimate of drug-likeness (QED) is 0.0365. The van der Waals surface area contributed by atoms with Gasteiger partial charge in [-0.1, -0.05) is 70.7 Å². The number of carbonyl (C=O) groups excluding carboxylic acids is 5. The average Bonchev–Trinajstić information content (AvgIpc) is 4.23. The molecule has 2 aliphatic heterocycles. The first-order valence-corrected chi connectivity index (χ1v) is 26.8. The summed E-state index contributed by atoms with van der Waals surface area (Å²) >= 11 is 1.58. The number of anilines is 1. The van der Waals surface area contributed by atoms with Crippen LogP contribution in [-0.4, -0.2) is 113 Å². The lowest BCUT2D eigenvalue weighted by atomic mass is 9.85. The third kappa shape index (κ3) is 13.8. The number of aliphatic hydroxyl groups is 1. The normalized spacial score (nSPS) is 17.6. The Morgan fingerprint density at radius 2 is 1.67 bits per heavy atom. The molecule has 388 valence electrons. The van der Waals surface area contributed by atoms with Crippen LogP contribution in [0.15, 0.2) is 72.4 Å². The van der Waals surface area contributed by atoms with Gasteiger partial charge in [0.2, 0.25) is 23.6 Å². The molecule has 2 aliphatic rings. The Labute approximate surface area is 431 Å². The molecule has 2 saturated heterocycles. The molecular formula is C55H71N11O6S. The number of H-pyrrole nitrogens is 1. The number of fused-ring (bicyclic) bond motifs is 2. The van der Waals surface area contributed by atoms with E-state index < -0.39 is 23.6 Å². The Balaban J connectivity index is 0.694. The Kier molecular flexibility index (Phi) is 17.4. The number of hydrogen-bond acceptors (Lipinski definition) is 11. The van der Waals surface area contributed by atoms with Crippen molar-refractivity contribution in [2.24, 2.45) is 5.41 Å². The van der Waals surface area contributed by atoms with Crippen molar-refractivity contribution >= 4 is 68.5 Å². The maximum absolute atomic E-state index is 14.0. The summed E-state index contributed by atoms with van der Waals surface area (Å²) in [6.07, 6.45) is 9.15. The fourth-order valence-electron chi connectivity index (χ4n) is 9.93. The Morgan fingerprint density at radius 3 is 2.38 bits per heavy atom. The summed E-state index contributed by atoms with van der Waals surface area (Å²) in [5, 5.41) is 27.9. The van der Waals surface area contributed by atoms with Crippen molar-refractivity contribution in [2.45, 2.75) is 149 Å². The summed E-state index contributed by atoms with van der Waals surface area (Å²) in [5.41, 5.74) is 7.96. The zero-order chi connectivity index (χ0) is 51.6. The van der Waals surface area contributed by atoms with E-state index in [1.165, 1.54) is 17.7 Å². The number of rotatable bonds is 22. The van der Waals surface area contributed by atoms with Gasteiger partial charge in [0, 0.05) is 61.6 Å². The van der Waals surface area contributed by atoms with Gasteiger partial charge in [0.15, 0.2) is 0 Å². The summed E-state index contributed by atoms with van der Waals surface area (Å²) in [4.78, 5) is 84.1. The molecule has 0 bridgehead atoms. The second-order valence-electron chi connectivity index (χ2n) is 20.9. The predicted molar refractivity (Wildman–Crippen MR) is 284 cm³/mol. The van der Waals surface area contributed by atoms with E-state index in [-0.39, 0.29) is 55.5 Å². The summed E-state index contributed by atoms with van der Waals surface area (Å²) < 4.78 is 1.83. The molecule has 4 atom stereocenters. The average molecular weight is 1010 g/mol. The van der Waals surface area contributed by atoms with Crippen LogP contribution < -0.4 is 21.3 Å². The van der Waals surface area contributed by atoms with E-state index in [2.05, 4.69) is 48.2 Å². The number of hydrogen-bond donors (Lipinski definition) is 6. The molecule has 3 aromatic heterocycles. The number of unbranched alkanes of at least 4 members (excludes halogenated alkanes) is 5. The SMILES string of the molecule is Cc1ncsc1-c1ccc(CNC(=O)[C@@H]2C[C@@H](O)CN2C(=O)[C@@H](NC(=O)CCCCCCCCC(=O)NCCn2ncc3cc(C(=O)Nc4ccc5nc(CN6CCC[C@@H]6C)[nH]c5c4)ccc32)C(C)(C)C)cc1. The predicted octanol–water partition coefficient (Wildman–Crippen LogP) is 7.63. The number of aliphatic hydroxyl groups excluding tert-OH is 1. The highest BCUT2D eigenvalue weighted by molar-refractivity contribution is 7.13. The van der Waals surface area contributed by atoms with Crippen molar-refractivity contribution in [1.29, 1.82) is 0 Å². The molecule has 0 spiro atoms. The first-order valence-electron chi connectivity index (χ1n) is 25.9. The fraction of sp³-hybridized carbons (Fsp3) is 0.491. The number of nitrogens with zero attached hydrogens (tertiary/aromatic N) is 6. The summed E-state index contributed by atoms with van der Waals surface area (Å²) in [5.74, 6) is -0.252. The van der Waals surface area contributed by atoms with Crippen LogP contribution in [0.3, 0.4) is 0 Å². The molecule has 0 saturated carbocycles. The van der Waals surface area contributed by atoms with Gasteiger partial charge in [-0.3, -0.25) is 33.6 Å². The van der Waals surface area contributed by atoms with Gasteiger partial charge in [-0.2, -0.15) is 5.10 Å².